The number of hydrogen-bond acceptors (Lipinski definition) is 5. The quantitative estimate of drug-likeness (QED) is 0.575. The van der Waals surface area contributed by atoms with Crippen molar-refractivity contribution in [1.29, 1.82) is 0 Å². The second-order valence-electron chi connectivity index (χ2n) is 5.38. The van der Waals surface area contributed by atoms with Crippen molar-refractivity contribution >= 4 is 23.7 Å². The maximum atomic E-state index is 12.3. The number of benzene rings is 1. The van der Waals surface area contributed by atoms with E-state index in [2.05, 4.69) is 0 Å². The Morgan fingerprint density at radius 3 is 2.04 bits per heavy atom. The summed E-state index contributed by atoms with van der Waals surface area (Å²) in [5, 5.41) is 0. The SMILES string of the molecule is CCN(CC)C(=O)COC(=O)[C@H](C)N1C(=O)c2ccccc2C1=O. The molecule has 1 atom stereocenters. The van der Waals surface area contributed by atoms with Gasteiger partial charge in [-0.15, -0.1) is 0 Å². The Morgan fingerprint density at radius 2 is 1.58 bits per heavy atom. The Morgan fingerprint density at radius 1 is 1.08 bits per heavy atom. The topological polar surface area (TPSA) is 84.0 Å². The first-order valence-electron chi connectivity index (χ1n) is 7.83. The van der Waals surface area contributed by atoms with Gasteiger partial charge in [0.1, 0.15) is 6.04 Å². The highest BCUT2D eigenvalue weighted by atomic mass is 16.5. The fourth-order valence-corrected chi connectivity index (χ4v) is 2.59. The fourth-order valence-electron chi connectivity index (χ4n) is 2.59. The van der Waals surface area contributed by atoms with Crippen LogP contribution in [0.3, 0.4) is 0 Å². The standard InChI is InChI=1S/C17H20N2O5/c1-4-18(5-2)14(20)10-24-17(23)11(3)19-15(21)12-8-6-7-9-13(12)16(19)22/h6-9,11H,4-5,10H2,1-3H3/t11-/m0/s1. The molecule has 0 aliphatic carbocycles. The summed E-state index contributed by atoms with van der Waals surface area (Å²) in [5.74, 6) is -2.17. The molecule has 7 nitrogen and oxygen atoms in total. The molecule has 0 N–H and O–H groups in total. The van der Waals surface area contributed by atoms with Crippen LogP contribution in [-0.2, 0) is 14.3 Å². The molecule has 128 valence electrons. The fraction of sp³-hybridized carbons (Fsp3) is 0.412. The van der Waals surface area contributed by atoms with Crippen molar-refractivity contribution < 1.29 is 23.9 Å². The predicted octanol–water partition coefficient (Wildman–Crippen LogP) is 1.08. The van der Waals surface area contributed by atoms with Crippen LogP contribution < -0.4 is 0 Å². The molecule has 0 aromatic heterocycles. The Hall–Kier alpha value is -2.70. The Kier molecular flexibility index (Phi) is 5.33. The van der Waals surface area contributed by atoms with E-state index >= 15 is 0 Å². The maximum absolute atomic E-state index is 12.3. The van der Waals surface area contributed by atoms with Crippen LogP contribution in [0.1, 0.15) is 41.5 Å². The summed E-state index contributed by atoms with van der Waals surface area (Å²) in [4.78, 5) is 51.0. The van der Waals surface area contributed by atoms with Crippen molar-refractivity contribution in [2.24, 2.45) is 0 Å². The van der Waals surface area contributed by atoms with E-state index in [0.717, 1.165) is 4.90 Å². The van der Waals surface area contributed by atoms with Crippen molar-refractivity contribution in [3.63, 3.8) is 0 Å². The first-order valence-corrected chi connectivity index (χ1v) is 7.83. The smallest absolute Gasteiger partial charge is 0.329 e. The minimum Gasteiger partial charge on any atom is -0.454 e. The molecule has 0 radical (unpaired) electrons. The van der Waals surface area contributed by atoms with Gasteiger partial charge in [-0.05, 0) is 32.9 Å². The minimum atomic E-state index is -1.10. The van der Waals surface area contributed by atoms with Gasteiger partial charge in [0.2, 0.25) is 0 Å². The Bertz CT molecular complexity index is 646. The molecule has 0 saturated carbocycles. The van der Waals surface area contributed by atoms with Crippen LogP contribution in [0.15, 0.2) is 24.3 Å². The molecule has 0 fully saturated rings. The van der Waals surface area contributed by atoms with Crippen LogP contribution >= 0.6 is 0 Å². The van der Waals surface area contributed by atoms with Gasteiger partial charge in [-0.1, -0.05) is 12.1 Å². The average molecular weight is 332 g/mol. The summed E-state index contributed by atoms with van der Waals surface area (Å²) >= 11 is 0. The molecular formula is C17H20N2O5. The van der Waals surface area contributed by atoms with Gasteiger partial charge in [-0.3, -0.25) is 19.3 Å². The van der Waals surface area contributed by atoms with Crippen LogP contribution in [0.5, 0.6) is 0 Å². The third kappa shape index (κ3) is 3.15. The summed E-state index contributed by atoms with van der Waals surface area (Å²) in [6.07, 6.45) is 0. The van der Waals surface area contributed by atoms with Crippen molar-refractivity contribution in [3.8, 4) is 0 Å². The van der Waals surface area contributed by atoms with Gasteiger partial charge in [-0.2, -0.15) is 0 Å². The van der Waals surface area contributed by atoms with Crippen LogP contribution in [0.25, 0.3) is 0 Å². The molecule has 0 bridgehead atoms. The molecule has 3 amide bonds. The van der Waals surface area contributed by atoms with E-state index in [1.54, 1.807) is 12.1 Å². The average Bonchev–Trinajstić information content (AvgIpc) is 2.84. The summed E-state index contributed by atoms with van der Waals surface area (Å²) in [7, 11) is 0. The molecule has 24 heavy (non-hydrogen) atoms. The van der Waals surface area contributed by atoms with Gasteiger partial charge in [0, 0.05) is 13.1 Å². The third-order valence-corrected chi connectivity index (χ3v) is 4.01. The van der Waals surface area contributed by atoms with E-state index in [1.807, 2.05) is 13.8 Å². The Balaban J connectivity index is 2.03. The molecule has 0 saturated heterocycles. The van der Waals surface area contributed by atoms with E-state index in [9.17, 15) is 19.2 Å². The van der Waals surface area contributed by atoms with Crippen molar-refractivity contribution in [1.82, 2.24) is 9.80 Å². The number of ether oxygens (including phenoxy) is 1. The largest absolute Gasteiger partial charge is 0.454 e. The normalized spacial score (nSPS) is 14.4. The van der Waals surface area contributed by atoms with Gasteiger partial charge >= 0.3 is 5.97 Å². The van der Waals surface area contributed by atoms with Crippen molar-refractivity contribution in [2.45, 2.75) is 26.8 Å². The number of carbonyl (C=O) groups is 4. The second kappa shape index (κ2) is 7.25. The highest BCUT2D eigenvalue weighted by Gasteiger charge is 2.41. The van der Waals surface area contributed by atoms with Gasteiger partial charge in [0.15, 0.2) is 6.61 Å². The summed E-state index contributed by atoms with van der Waals surface area (Å²) in [6.45, 7) is 5.68. The number of imide groups is 1. The molecule has 1 aromatic carbocycles. The molecule has 1 aromatic rings. The lowest BCUT2D eigenvalue weighted by Gasteiger charge is -2.22. The second-order valence-corrected chi connectivity index (χ2v) is 5.38. The highest BCUT2D eigenvalue weighted by Crippen LogP contribution is 2.24. The van der Waals surface area contributed by atoms with E-state index in [0.29, 0.717) is 13.1 Å². The lowest BCUT2D eigenvalue weighted by molar-refractivity contribution is -0.154. The van der Waals surface area contributed by atoms with Crippen LogP contribution in [0, 0.1) is 0 Å². The van der Waals surface area contributed by atoms with E-state index in [1.165, 1.54) is 24.0 Å². The van der Waals surface area contributed by atoms with E-state index < -0.39 is 30.4 Å². The van der Waals surface area contributed by atoms with Crippen LogP contribution in [-0.4, -0.2) is 59.2 Å². The lowest BCUT2D eigenvalue weighted by atomic mass is 10.1. The number of fused-ring (bicyclic) bond motifs is 1. The number of likely N-dealkylation sites (N-methyl/N-ethyl adjacent to an activating group) is 1. The zero-order valence-corrected chi connectivity index (χ0v) is 13.9. The minimum absolute atomic E-state index is 0.265. The van der Waals surface area contributed by atoms with Gasteiger partial charge < -0.3 is 9.64 Å². The van der Waals surface area contributed by atoms with Crippen LogP contribution in [0.2, 0.25) is 0 Å². The number of amides is 3. The molecule has 1 aliphatic rings. The zero-order chi connectivity index (χ0) is 17.9. The number of hydrogen-bond donors (Lipinski definition) is 0. The zero-order valence-electron chi connectivity index (χ0n) is 13.9. The molecule has 1 aliphatic heterocycles. The monoisotopic (exact) mass is 332 g/mol. The van der Waals surface area contributed by atoms with Gasteiger partial charge in [-0.25, -0.2) is 4.79 Å². The molecule has 1 heterocycles. The molecule has 0 spiro atoms. The maximum Gasteiger partial charge on any atom is 0.329 e. The van der Waals surface area contributed by atoms with Crippen LogP contribution in [0.4, 0.5) is 0 Å². The third-order valence-electron chi connectivity index (χ3n) is 4.01. The summed E-state index contributed by atoms with van der Waals surface area (Å²) < 4.78 is 4.98. The van der Waals surface area contributed by atoms with E-state index in [4.69, 9.17) is 4.74 Å². The van der Waals surface area contributed by atoms with Crippen molar-refractivity contribution in [2.75, 3.05) is 19.7 Å². The molecular weight excluding hydrogens is 312 g/mol. The number of carbonyl (C=O) groups excluding carboxylic acids is 4. The number of nitrogens with zero attached hydrogens (tertiary/aromatic N) is 2. The van der Waals surface area contributed by atoms with Gasteiger partial charge in [0.05, 0.1) is 11.1 Å². The lowest BCUT2D eigenvalue weighted by Crippen LogP contribution is -2.44. The van der Waals surface area contributed by atoms with Crippen molar-refractivity contribution in [3.05, 3.63) is 35.4 Å². The molecule has 2 rings (SSSR count). The number of esters is 1. The summed E-state index contributed by atoms with van der Waals surface area (Å²) in [6, 6.07) is 5.29. The molecule has 7 heteroatoms. The predicted molar refractivity (Wildman–Crippen MR) is 85.3 cm³/mol. The highest BCUT2D eigenvalue weighted by molar-refractivity contribution is 6.22. The van der Waals surface area contributed by atoms with Gasteiger partial charge in [0.25, 0.3) is 17.7 Å². The first-order chi connectivity index (χ1) is 11.4. The van der Waals surface area contributed by atoms with E-state index in [-0.39, 0.29) is 17.0 Å². The first kappa shape index (κ1) is 17.7. The summed E-state index contributed by atoms with van der Waals surface area (Å²) in [5.41, 5.74) is 0.530. The Labute approximate surface area is 140 Å². The molecule has 0 unspecified atom stereocenters. The number of rotatable bonds is 6.